The summed E-state index contributed by atoms with van der Waals surface area (Å²) < 4.78 is 16.5. The molecule has 3 aromatic carbocycles. The van der Waals surface area contributed by atoms with Gasteiger partial charge in [0.1, 0.15) is 6.61 Å². The van der Waals surface area contributed by atoms with Gasteiger partial charge in [0.2, 0.25) is 0 Å². The lowest BCUT2D eigenvalue weighted by Gasteiger charge is -2.13. The zero-order chi connectivity index (χ0) is 21.0. The number of alkyl carbamates (subject to hydrolysis) is 1. The maximum absolute atomic E-state index is 12.1. The molecule has 0 fully saturated rings. The first-order valence-electron chi connectivity index (χ1n) is 10.7. The van der Waals surface area contributed by atoms with Crippen LogP contribution in [0.25, 0.3) is 21.5 Å². The number of unbranched alkanes of at least 4 members (excludes halogenated alkanes) is 2. The van der Waals surface area contributed by atoms with Gasteiger partial charge in [0.05, 0.1) is 19.8 Å². The number of carbonyl (C=O) groups is 1. The van der Waals surface area contributed by atoms with E-state index in [0.29, 0.717) is 26.4 Å². The van der Waals surface area contributed by atoms with E-state index in [2.05, 4.69) is 42.6 Å². The summed E-state index contributed by atoms with van der Waals surface area (Å²) in [6.07, 6.45) is 3.04. The maximum Gasteiger partial charge on any atom is 0.407 e. The van der Waals surface area contributed by atoms with E-state index in [1.807, 2.05) is 24.3 Å². The van der Waals surface area contributed by atoms with E-state index in [1.54, 1.807) is 0 Å². The van der Waals surface area contributed by atoms with Crippen molar-refractivity contribution in [3.8, 4) is 0 Å². The van der Waals surface area contributed by atoms with Gasteiger partial charge in [-0.3, -0.25) is 0 Å². The molecular formula is C25H31NO4. The first kappa shape index (κ1) is 22.1. The van der Waals surface area contributed by atoms with Crippen molar-refractivity contribution in [2.24, 2.45) is 0 Å². The summed E-state index contributed by atoms with van der Waals surface area (Å²) in [6, 6.07) is 18.5. The number of fused-ring (bicyclic) bond motifs is 2. The van der Waals surface area contributed by atoms with Crippen LogP contribution in [0, 0.1) is 0 Å². The summed E-state index contributed by atoms with van der Waals surface area (Å²) in [5.41, 5.74) is 1.02. The molecule has 1 amide bonds. The SMILES string of the molecule is CCCCCOCCOCCNC(=O)OCc1c2ccccc2cc2ccccc12. The molecule has 160 valence electrons. The zero-order valence-electron chi connectivity index (χ0n) is 17.7. The first-order chi connectivity index (χ1) is 14.8. The minimum Gasteiger partial charge on any atom is -0.445 e. The summed E-state index contributed by atoms with van der Waals surface area (Å²) in [6.45, 7) is 5.14. The fraction of sp³-hybridized carbons (Fsp3) is 0.400. The lowest BCUT2D eigenvalue weighted by molar-refractivity contribution is 0.0468. The molecule has 0 aromatic heterocycles. The zero-order valence-corrected chi connectivity index (χ0v) is 17.7. The van der Waals surface area contributed by atoms with E-state index in [-0.39, 0.29) is 6.61 Å². The highest BCUT2D eigenvalue weighted by Gasteiger charge is 2.10. The monoisotopic (exact) mass is 409 g/mol. The van der Waals surface area contributed by atoms with E-state index in [4.69, 9.17) is 14.2 Å². The Morgan fingerprint density at radius 2 is 1.47 bits per heavy atom. The Morgan fingerprint density at radius 1 is 0.833 bits per heavy atom. The molecule has 0 bridgehead atoms. The van der Waals surface area contributed by atoms with Crippen molar-refractivity contribution in [3.05, 3.63) is 60.2 Å². The molecule has 0 aliphatic rings. The van der Waals surface area contributed by atoms with Crippen LogP contribution in [0.2, 0.25) is 0 Å². The highest BCUT2D eigenvalue weighted by Crippen LogP contribution is 2.29. The molecule has 0 spiro atoms. The molecule has 0 atom stereocenters. The van der Waals surface area contributed by atoms with Crippen molar-refractivity contribution >= 4 is 27.6 Å². The number of nitrogens with one attached hydrogen (secondary N) is 1. The van der Waals surface area contributed by atoms with E-state index in [0.717, 1.165) is 40.1 Å². The summed E-state index contributed by atoms with van der Waals surface area (Å²) in [5.74, 6) is 0. The molecule has 0 heterocycles. The third-order valence-corrected chi connectivity index (χ3v) is 5.01. The summed E-state index contributed by atoms with van der Waals surface area (Å²) >= 11 is 0. The molecule has 3 rings (SSSR count). The Hall–Kier alpha value is -2.63. The second kappa shape index (κ2) is 12.2. The van der Waals surface area contributed by atoms with Crippen LogP contribution < -0.4 is 5.32 Å². The third-order valence-electron chi connectivity index (χ3n) is 5.01. The van der Waals surface area contributed by atoms with Gasteiger partial charge in [-0.15, -0.1) is 0 Å². The van der Waals surface area contributed by atoms with Gasteiger partial charge in [0, 0.05) is 18.7 Å². The quantitative estimate of drug-likeness (QED) is 0.320. The lowest BCUT2D eigenvalue weighted by atomic mass is 9.97. The highest BCUT2D eigenvalue weighted by atomic mass is 16.5. The number of hydrogen-bond donors (Lipinski definition) is 1. The van der Waals surface area contributed by atoms with Crippen molar-refractivity contribution in [2.75, 3.05) is 33.0 Å². The van der Waals surface area contributed by atoms with Crippen LogP contribution in [0.1, 0.15) is 31.7 Å². The average Bonchev–Trinajstić information content (AvgIpc) is 2.78. The fourth-order valence-electron chi connectivity index (χ4n) is 3.45. The van der Waals surface area contributed by atoms with E-state index in [9.17, 15) is 4.79 Å². The van der Waals surface area contributed by atoms with E-state index < -0.39 is 6.09 Å². The van der Waals surface area contributed by atoms with Crippen LogP contribution in [0.15, 0.2) is 54.6 Å². The second-order valence-electron chi connectivity index (χ2n) is 7.23. The maximum atomic E-state index is 12.1. The Bertz CT molecular complexity index is 887. The smallest absolute Gasteiger partial charge is 0.407 e. The molecule has 3 aromatic rings. The molecule has 30 heavy (non-hydrogen) atoms. The molecule has 0 radical (unpaired) electrons. The minimum absolute atomic E-state index is 0.222. The van der Waals surface area contributed by atoms with Gasteiger partial charge < -0.3 is 19.5 Å². The Labute approximate surface area is 178 Å². The molecule has 0 unspecified atom stereocenters. The number of amides is 1. The molecule has 0 saturated heterocycles. The van der Waals surface area contributed by atoms with Gasteiger partial charge in [-0.2, -0.15) is 0 Å². The standard InChI is InChI=1S/C25H31NO4/c1-2-3-8-14-28-16-17-29-15-13-26-25(27)30-19-24-22-11-6-4-9-20(22)18-21-10-5-7-12-23(21)24/h4-7,9-12,18H,2-3,8,13-17,19H2,1H3,(H,26,27). The molecule has 0 aliphatic carbocycles. The summed E-state index contributed by atoms with van der Waals surface area (Å²) in [4.78, 5) is 12.1. The van der Waals surface area contributed by atoms with Crippen molar-refractivity contribution in [2.45, 2.75) is 32.8 Å². The summed E-state index contributed by atoms with van der Waals surface area (Å²) in [5, 5.41) is 7.23. The predicted molar refractivity (Wildman–Crippen MR) is 121 cm³/mol. The van der Waals surface area contributed by atoms with Crippen LogP contribution in [0.3, 0.4) is 0 Å². The first-order valence-corrected chi connectivity index (χ1v) is 10.7. The number of rotatable bonds is 12. The largest absolute Gasteiger partial charge is 0.445 e. The van der Waals surface area contributed by atoms with Crippen LogP contribution in [-0.4, -0.2) is 39.1 Å². The van der Waals surface area contributed by atoms with Crippen molar-refractivity contribution in [1.82, 2.24) is 5.32 Å². The molecular weight excluding hydrogens is 378 g/mol. The fourth-order valence-corrected chi connectivity index (χ4v) is 3.45. The predicted octanol–water partition coefficient (Wildman–Crippen LogP) is 5.44. The number of carbonyl (C=O) groups excluding carboxylic acids is 1. The van der Waals surface area contributed by atoms with Crippen LogP contribution in [-0.2, 0) is 20.8 Å². The Kier molecular flexibility index (Phi) is 8.94. The number of hydrogen-bond acceptors (Lipinski definition) is 4. The normalized spacial score (nSPS) is 11.1. The summed E-state index contributed by atoms with van der Waals surface area (Å²) in [7, 11) is 0. The van der Waals surface area contributed by atoms with Crippen molar-refractivity contribution in [3.63, 3.8) is 0 Å². The van der Waals surface area contributed by atoms with Gasteiger partial charge in [-0.1, -0.05) is 68.3 Å². The van der Waals surface area contributed by atoms with Gasteiger partial charge in [0.15, 0.2) is 0 Å². The molecule has 5 nitrogen and oxygen atoms in total. The van der Waals surface area contributed by atoms with Gasteiger partial charge >= 0.3 is 6.09 Å². The van der Waals surface area contributed by atoms with Crippen molar-refractivity contribution in [1.29, 1.82) is 0 Å². The van der Waals surface area contributed by atoms with E-state index in [1.165, 1.54) is 12.8 Å². The van der Waals surface area contributed by atoms with Gasteiger partial charge in [-0.25, -0.2) is 4.79 Å². The Balaban J connectivity index is 1.42. The van der Waals surface area contributed by atoms with Crippen LogP contribution >= 0.6 is 0 Å². The third kappa shape index (κ3) is 6.44. The van der Waals surface area contributed by atoms with Gasteiger partial charge in [0.25, 0.3) is 0 Å². The molecule has 0 saturated carbocycles. The lowest BCUT2D eigenvalue weighted by Crippen LogP contribution is -2.28. The molecule has 1 N–H and O–H groups in total. The molecule has 5 heteroatoms. The molecule has 0 aliphatic heterocycles. The number of ether oxygens (including phenoxy) is 3. The number of benzene rings is 3. The van der Waals surface area contributed by atoms with Crippen LogP contribution in [0.5, 0.6) is 0 Å². The van der Waals surface area contributed by atoms with E-state index >= 15 is 0 Å². The average molecular weight is 410 g/mol. The van der Waals surface area contributed by atoms with Crippen LogP contribution in [0.4, 0.5) is 4.79 Å². The van der Waals surface area contributed by atoms with Gasteiger partial charge in [-0.05, 0) is 34.0 Å². The van der Waals surface area contributed by atoms with Crippen molar-refractivity contribution < 1.29 is 19.0 Å². The topological polar surface area (TPSA) is 56.8 Å². The Morgan fingerprint density at radius 3 is 2.13 bits per heavy atom. The second-order valence-corrected chi connectivity index (χ2v) is 7.23. The minimum atomic E-state index is -0.438. The highest BCUT2D eigenvalue weighted by molar-refractivity contribution is 6.02.